The van der Waals surface area contributed by atoms with Crippen LogP contribution >= 0.6 is 11.6 Å². The largest absolute Gasteiger partial charge is 0.346 e. The minimum Gasteiger partial charge on any atom is -0.335 e. The Morgan fingerprint density at radius 2 is 1.96 bits per heavy atom. The number of likely N-dealkylation sites (tertiary alicyclic amines) is 1. The van der Waals surface area contributed by atoms with Crippen molar-refractivity contribution in [3.63, 3.8) is 0 Å². The normalized spacial score (nSPS) is 24.4. The van der Waals surface area contributed by atoms with E-state index in [1.165, 1.54) is 27.4 Å². The highest BCUT2D eigenvalue weighted by atomic mass is 35.5. The third-order valence-corrected chi connectivity index (χ3v) is 5.28. The van der Waals surface area contributed by atoms with Crippen molar-refractivity contribution in [1.29, 1.82) is 0 Å². The molecule has 144 valence electrons. The second-order valence-corrected chi connectivity index (χ2v) is 7.21. The molecule has 6 nitrogen and oxygen atoms in total. The molecule has 4 rings (SSSR count). The van der Waals surface area contributed by atoms with E-state index < -0.39 is 35.8 Å². The van der Waals surface area contributed by atoms with Crippen LogP contribution in [0.15, 0.2) is 23.0 Å². The highest BCUT2D eigenvalue weighted by Gasteiger charge is 2.41. The van der Waals surface area contributed by atoms with Gasteiger partial charge in [-0.2, -0.15) is 5.10 Å². The summed E-state index contributed by atoms with van der Waals surface area (Å²) in [7, 11) is 0. The third-order valence-electron chi connectivity index (χ3n) is 4.99. The fourth-order valence-corrected chi connectivity index (χ4v) is 3.81. The summed E-state index contributed by atoms with van der Waals surface area (Å²) in [4.78, 5) is 26.5. The van der Waals surface area contributed by atoms with Crippen molar-refractivity contribution >= 4 is 17.5 Å². The van der Waals surface area contributed by atoms with Gasteiger partial charge in [0.15, 0.2) is 12.3 Å². The number of carbonyl (C=O) groups excluding carboxylic acids is 1. The maximum atomic E-state index is 13.4. The Hall–Kier alpha value is -2.29. The van der Waals surface area contributed by atoms with Gasteiger partial charge in [0.1, 0.15) is 17.7 Å². The maximum Gasteiger partial charge on any atom is 0.346 e. The summed E-state index contributed by atoms with van der Waals surface area (Å²) in [5.74, 6) is -0.587. The number of rotatable bonds is 3. The minimum absolute atomic E-state index is 0.0593. The molecule has 2 aliphatic heterocycles. The van der Waals surface area contributed by atoms with E-state index in [0.29, 0.717) is 24.2 Å². The number of aryl methyl sites for hydroxylation is 1. The van der Waals surface area contributed by atoms with Crippen LogP contribution in [-0.2, 0) is 17.8 Å². The number of hydrogen-bond acceptors (Lipinski definition) is 3. The van der Waals surface area contributed by atoms with Crippen molar-refractivity contribution in [2.24, 2.45) is 0 Å². The first-order chi connectivity index (χ1) is 12.8. The molecular weight excluding hydrogens is 385 g/mol. The Morgan fingerprint density at radius 1 is 1.26 bits per heavy atom. The van der Waals surface area contributed by atoms with E-state index in [9.17, 15) is 22.8 Å². The smallest absolute Gasteiger partial charge is 0.335 e. The highest BCUT2D eigenvalue weighted by molar-refractivity contribution is 6.30. The fraction of sp³-hybridized carbons (Fsp3) is 0.471. The number of benzene rings is 1. The molecule has 1 saturated heterocycles. The van der Waals surface area contributed by atoms with Gasteiger partial charge in [-0.1, -0.05) is 17.7 Å². The Labute approximate surface area is 157 Å². The molecule has 0 radical (unpaired) electrons. The zero-order valence-electron chi connectivity index (χ0n) is 14.1. The molecule has 1 aromatic carbocycles. The second-order valence-electron chi connectivity index (χ2n) is 6.80. The number of hydrogen-bond donors (Lipinski definition) is 0. The molecule has 10 heteroatoms. The SMILES string of the molecule is O=C(C1CCc2nn(Cc3ccc(F)c(Cl)c3)c(=O)n21)N1CC(F)C(F)C1. The van der Waals surface area contributed by atoms with Gasteiger partial charge < -0.3 is 4.90 Å². The summed E-state index contributed by atoms with van der Waals surface area (Å²) >= 11 is 5.76. The molecule has 1 amide bonds. The van der Waals surface area contributed by atoms with Crippen molar-refractivity contribution in [2.45, 2.75) is 37.8 Å². The molecule has 0 N–H and O–H groups in total. The van der Waals surface area contributed by atoms with Gasteiger partial charge in [0, 0.05) is 6.42 Å². The summed E-state index contributed by atoms with van der Waals surface area (Å²) in [6.45, 7) is -0.534. The highest BCUT2D eigenvalue weighted by Crippen LogP contribution is 2.27. The first-order valence-corrected chi connectivity index (χ1v) is 8.92. The van der Waals surface area contributed by atoms with Crippen molar-refractivity contribution in [3.05, 3.63) is 50.9 Å². The Bertz CT molecular complexity index is 950. The average Bonchev–Trinajstić information content (AvgIpc) is 3.28. The summed E-state index contributed by atoms with van der Waals surface area (Å²) in [5, 5.41) is 4.18. The van der Waals surface area contributed by atoms with E-state index in [-0.39, 0.29) is 24.7 Å². The van der Waals surface area contributed by atoms with Crippen molar-refractivity contribution in [1.82, 2.24) is 19.2 Å². The molecular formula is C17H16ClF3N4O2. The lowest BCUT2D eigenvalue weighted by Crippen LogP contribution is -2.39. The zero-order valence-corrected chi connectivity index (χ0v) is 14.9. The number of alkyl halides is 2. The number of amides is 1. The van der Waals surface area contributed by atoms with E-state index in [2.05, 4.69) is 5.10 Å². The molecule has 1 aromatic heterocycles. The van der Waals surface area contributed by atoms with Gasteiger partial charge in [-0.05, 0) is 24.1 Å². The van der Waals surface area contributed by atoms with Gasteiger partial charge in [0.05, 0.1) is 24.7 Å². The predicted octanol–water partition coefficient (Wildman–Crippen LogP) is 1.89. The molecule has 0 spiro atoms. The van der Waals surface area contributed by atoms with Gasteiger partial charge in [-0.15, -0.1) is 0 Å². The van der Waals surface area contributed by atoms with Crippen LogP contribution in [0.4, 0.5) is 13.2 Å². The lowest BCUT2D eigenvalue weighted by Gasteiger charge is -2.20. The predicted molar refractivity (Wildman–Crippen MR) is 90.7 cm³/mol. The van der Waals surface area contributed by atoms with Gasteiger partial charge >= 0.3 is 5.69 Å². The zero-order chi connectivity index (χ0) is 19.3. The standard InChI is InChI=1S/C17H16ClF3N4O2/c18-10-5-9(1-2-11(10)19)6-24-17(27)25-14(3-4-15(25)22-24)16(26)23-7-12(20)13(21)8-23/h1-2,5,12-14H,3-4,6-8H2. The van der Waals surface area contributed by atoms with Crippen LogP contribution < -0.4 is 5.69 Å². The second kappa shape index (κ2) is 6.70. The average molecular weight is 401 g/mol. The number of nitrogens with zero attached hydrogens (tertiary/aromatic N) is 4. The van der Waals surface area contributed by atoms with Crippen molar-refractivity contribution in [2.75, 3.05) is 13.1 Å². The first-order valence-electron chi connectivity index (χ1n) is 8.54. The Balaban J connectivity index is 1.58. The van der Waals surface area contributed by atoms with Gasteiger partial charge in [-0.25, -0.2) is 22.6 Å². The molecule has 27 heavy (non-hydrogen) atoms. The molecule has 3 heterocycles. The molecule has 0 aliphatic carbocycles. The van der Waals surface area contributed by atoms with Crippen LogP contribution in [0.2, 0.25) is 5.02 Å². The number of aromatic nitrogens is 3. The van der Waals surface area contributed by atoms with Crippen molar-refractivity contribution < 1.29 is 18.0 Å². The summed E-state index contributed by atoms with van der Waals surface area (Å²) in [6, 6.07) is 3.29. The van der Waals surface area contributed by atoms with E-state index in [0.717, 1.165) is 4.90 Å². The lowest BCUT2D eigenvalue weighted by atomic mass is 10.2. The number of carbonyl (C=O) groups is 1. The fourth-order valence-electron chi connectivity index (χ4n) is 3.61. The molecule has 0 saturated carbocycles. The van der Waals surface area contributed by atoms with Gasteiger partial charge in [0.2, 0.25) is 5.91 Å². The van der Waals surface area contributed by atoms with Crippen LogP contribution in [0.3, 0.4) is 0 Å². The van der Waals surface area contributed by atoms with Crippen LogP contribution in [0.5, 0.6) is 0 Å². The molecule has 3 unspecified atom stereocenters. The first kappa shape index (κ1) is 18.1. The Morgan fingerprint density at radius 3 is 2.63 bits per heavy atom. The van der Waals surface area contributed by atoms with Crippen LogP contribution in [0.1, 0.15) is 23.9 Å². The van der Waals surface area contributed by atoms with E-state index in [1.807, 2.05) is 0 Å². The summed E-state index contributed by atoms with van der Waals surface area (Å²) < 4.78 is 42.6. The summed E-state index contributed by atoms with van der Waals surface area (Å²) in [5.41, 5.74) is 0.0947. The van der Waals surface area contributed by atoms with Crippen LogP contribution in [0, 0.1) is 5.82 Å². The maximum absolute atomic E-state index is 13.4. The molecule has 1 fully saturated rings. The third kappa shape index (κ3) is 3.13. The quantitative estimate of drug-likeness (QED) is 0.790. The molecule has 3 atom stereocenters. The van der Waals surface area contributed by atoms with Gasteiger partial charge in [-0.3, -0.25) is 9.36 Å². The lowest BCUT2D eigenvalue weighted by molar-refractivity contribution is -0.133. The van der Waals surface area contributed by atoms with Crippen LogP contribution in [0.25, 0.3) is 0 Å². The Kier molecular flexibility index (Phi) is 4.49. The topological polar surface area (TPSA) is 60.1 Å². The van der Waals surface area contributed by atoms with Crippen LogP contribution in [-0.4, -0.2) is 50.6 Å². The van der Waals surface area contributed by atoms with E-state index >= 15 is 0 Å². The number of fused-ring (bicyclic) bond motifs is 1. The van der Waals surface area contributed by atoms with Crippen molar-refractivity contribution in [3.8, 4) is 0 Å². The van der Waals surface area contributed by atoms with E-state index in [4.69, 9.17) is 11.6 Å². The monoisotopic (exact) mass is 400 g/mol. The summed E-state index contributed by atoms with van der Waals surface area (Å²) in [6.07, 6.45) is -2.62. The van der Waals surface area contributed by atoms with Gasteiger partial charge in [0.25, 0.3) is 0 Å². The van der Waals surface area contributed by atoms with E-state index in [1.54, 1.807) is 0 Å². The minimum atomic E-state index is -1.70. The molecule has 2 aliphatic rings. The number of halogens is 4. The molecule has 0 bridgehead atoms. The molecule has 2 aromatic rings.